The van der Waals surface area contributed by atoms with E-state index in [-0.39, 0.29) is 6.10 Å². The van der Waals surface area contributed by atoms with Crippen molar-refractivity contribution in [2.24, 2.45) is 4.99 Å². The van der Waals surface area contributed by atoms with E-state index in [0.29, 0.717) is 12.6 Å². The van der Waals surface area contributed by atoms with Crippen LogP contribution in [0.15, 0.2) is 59.6 Å². The third-order valence-electron chi connectivity index (χ3n) is 2.92. The zero-order chi connectivity index (χ0) is 13.1. The van der Waals surface area contributed by atoms with E-state index < -0.39 is 0 Å². The molecule has 19 heavy (non-hydrogen) atoms. The number of para-hydroxylation sites is 1. The SMILES string of the molecule is Clc1ccc(C2CN=C(Nc3ccccc3)O2)cc1. The van der Waals surface area contributed by atoms with Crippen molar-refractivity contribution in [1.82, 2.24) is 0 Å². The number of hydrogen-bond donors (Lipinski definition) is 1. The Morgan fingerprint density at radius 2 is 1.79 bits per heavy atom. The Kier molecular flexibility index (Phi) is 3.38. The van der Waals surface area contributed by atoms with Crippen LogP contribution < -0.4 is 5.32 Å². The Labute approximate surface area is 116 Å². The maximum atomic E-state index is 5.87. The number of halogens is 1. The second kappa shape index (κ2) is 5.33. The number of ether oxygens (including phenoxy) is 1. The quantitative estimate of drug-likeness (QED) is 0.900. The molecule has 3 nitrogen and oxygen atoms in total. The van der Waals surface area contributed by atoms with Crippen LogP contribution in [0.25, 0.3) is 0 Å². The Hall–Kier alpha value is -2.00. The molecule has 1 N–H and O–H groups in total. The monoisotopic (exact) mass is 272 g/mol. The lowest BCUT2D eigenvalue weighted by molar-refractivity contribution is 0.229. The highest BCUT2D eigenvalue weighted by Gasteiger charge is 2.21. The van der Waals surface area contributed by atoms with E-state index in [2.05, 4.69) is 10.3 Å². The van der Waals surface area contributed by atoms with Crippen LogP contribution in [0.5, 0.6) is 0 Å². The molecule has 0 amide bonds. The van der Waals surface area contributed by atoms with E-state index in [1.807, 2.05) is 54.6 Å². The van der Waals surface area contributed by atoms with Gasteiger partial charge in [-0.3, -0.25) is 0 Å². The number of hydrogen-bond acceptors (Lipinski definition) is 3. The van der Waals surface area contributed by atoms with Gasteiger partial charge in [-0.15, -0.1) is 0 Å². The smallest absolute Gasteiger partial charge is 0.290 e. The van der Waals surface area contributed by atoms with Gasteiger partial charge in [0.25, 0.3) is 6.02 Å². The predicted molar refractivity (Wildman–Crippen MR) is 77.6 cm³/mol. The molecular weight excluding hydrogens is 260 g/mol. The van der Waals surface area contributed by atoms with Gasteiger partial charge in [0.05, 0.1) is 6.54 Å². The van der Waals surface area contributed by atoms with E-state index in [1.165, 1.54) is 0 Å². The lowest BCUT2D eigenvalue weighted by atomic mass is 10.1. The topological polar surface area (TPSA) is 33.6 Å². The number of aliphatic imine (C=N–C) groups is 1. The highest BCUT2D eigenvalue weighted by molar-refractivity contribution is 6.30. The van der Waals surface area contributed by atoms with E-state index in [1.54, 1.807) is 0 Å². The van der Waals surface area contributed by atoms with E-state index in [0.717, 1.165) is 16.3 Å². The van der Waals surface area contributed by atoms with Gasteiger partial charge in [0, 0.05) is 10.7 Å². The molecular formula is C15H13ClN2O. The Morgan fingerprint density at radius 1 is 1.05 bits per heavy atom. The van der Waals surface area contributed by atoms with Gasteiger partial charge in [-0.1, -0.05) is 41.9 Å². The average molecular weight is 273 g/mol. The molecule has 1 aliphatic heterocycles. The van der Waals surface area contributed by atoms with Gasteiger partial charge in [-0.2, -0.15) is 0 Å². The van der Waals surface area contributed by atoms with Crippen molar-refractivity contribution >= 4 is 23.3 Å². The largest absolute Gasteiger partial charge is 0.455 e. The molecule has 2 aromatic carbocycles. The molecule has 3 rings (SSSR count). The molecule has 0 saturated carbocycles. The average Bonchev–Trinajstić information content (AvgIpc) is 2.89. The summed E-state index contributed by atoms with van der Waals surface area (Å²) in [7, 11) is 0. The number of benzene rings is 2. The fourth-order valence-electron chi connectivity index (χ4n) is 1.94. The molecule has 1 heterocycles. The summed E-state index contributed by atoms with van der Waals surface area (Å²) in [5.41, 5.74) is 2.05. The standard InChI is InChI=1S/C15H13ClN2O/c16-12-8-6-11(7-9-12)14-10-17-15(19-14)18-13-4-2-1-3-5-13/h1-9,14H,10H2,(H,17,18). The summed E-state index contributed by atoms with van der Waals surface area (Å²) in [6.45, 7) is 0.622. The number of nitrogens with zero attached hydrogens (tertiary/aromatic N) is 1. The minimum absolute atomic E-state index is 0.0384. The van der Waals surface area contributed by atoms with Crippen molar-refractivity contribution in [2.45, 2.75) is 6.10 Å². The van der Waals surface area contributed by atoms with Crippen LogP contribution in [0.4, 0.5) is 5.69 Å². The molecule has 0 aromatic heterocycles. The van der Waals surface area contributed by atoms with Crippen molar-refractivity contribution in [1.29, 1.82) is 0 Å². The zero-order valence-corrected chi connectivity index (χ0v) is 11.0. The summed E-state index contributed by atoms with van der Waals surface area (Å²) < 4.78 is 5.79. The van der Waals surface area contributed by atoms with Crippen molar-refractivity contribution in [2.75, 3.05) is 11.9 Å². The molecule has 0 fully saturated rings. The van der Waals surface area contributed by atoms with Crippen LogP contribution in [-0.4, -0.2) is 12.6 Å². The fraction of sp³-hybridized carbons (Fsp3) is 0.133. The Balaban J connectivity index is 1.65. The Morgan fingerprint density at radius 3 is 2.53 bits per heavy atom. The number of amidine groups is 1. The summed E-state index contributed by atoms with van der Waals surface area (Å²) in [6, 6.07) is 18.1. The molecule has 0 saturated heterocycles. The first-order valence-electron chi connectivity index (χ1n) is 6.10. The molecule has 0 aliphatic carbocycles. The normalized spacial score (nSPS) is 17.7. The van der Waals surface area contributed by atoms with E-state index in [9.17, 15) is 0 Å². The highest BCUT2D eigenvalue weighted by atomic mass is 35.5. The molecule has 0 spiro atoms. The van der Waals surface area contributed by atoms with Crippen LogP contribution >= 0.6 is 11.6 Å². The third kappa shape index (κ3) is 2.88. The minimum Gasteiger partial charge on any atom is -0.455 e. The minimum atomic E-state index is -0.0384. The van der Waals surface area contributed by atoms with Crippen molar-refractivity contribution in [3.05, 3.63) is 65.2 Å². The molecule has 96 valence electrons. The first-order chi connectivity index (χ1) is 9.31. The van der Waals surface area contributed by atoms with Gasteiger partial charge in [-0.25, -0.2) is 4.99 Å². The molecule has 2 aromatic rings. The van der Waals surface area contributed by atoms with Crippen molar-refractivity contribution in [3.8, 4) is 0 Å². The van der Waals surface area contributed by atoms with Gasteiger partial charge in [0.15, 0.2) is 0 Å². The van der Waals surface area contributed by atoms with E-state index in [4.69, 9.17) is 16.3 Å². The first kappa shape index (κ1) is 12.1. The molecule has 0 bridgehead atoms. The Bertz CT molecular complexity index is 581. The van der Waals surface area contributed by atoms with Gasteiger partial charge in [0.2, 0.25) is 0 Å². The van der Waals surface area contributed by atoms with Crippen molar-refractivity contribution < 1.29 is 4.74 Å². The lowest BCUT2D eigenvalue weighted by Gasteiger charge is -2.12. The second-order valence-corrected chi connectivity index (χ2v) is 4.73. The van der Waals surface area contributed by atoms with Gasteiger partial charge >= 0.3 is 0 Å². The third-order valence-corrected chi connectivity index (χ3v) is 3.17. The number of rotatable bonds is 2. The van der Waals surface area contributed by atoms with Gasteiger partial charge in [-0.05, 0) is 29.8 Å². The maximum absolute atomic E-state index is 5.87. The highest BCUT2D eigenvalue weighted by Crippen LogP contribution is 2.24. The van der Waals surface area contributed by atoms with Gasteiger partial charge < -0.3 is 10.1 Å². The maximum Gasteiger partial charge on any atom is 0.290 e. The summed E-state index contributed by atoms with van der Waals surface area (Å²) in [4.78, 5) is 4.36. The lowest BCUT2D eigenvalue weighted by Crippen LogP contribution is -2.13. The van der Waals surface area contributed by atoms with Gasteiger partial charge in [0.1, 0.15) is 6.10 Å². The molecule has 1 atom stereocenters. The summed E-state index contributed by atoms with van der Waals surface area (Å²) in [6.07, 6.45) is -0.0384. The zero-order valence-electron chi connectivity index (χ0n) is 10.2. The van der Waals surface area contributed by atoms with Crippen LogP contribution in [0.3, 0.4) is 0 Å². The van der Waals surface area contributed by atoms with Crippen molar-refractivity contribution in [3.63, 3.8) is 0 Å². The molecule has 1 aliphatic rings. The molecule has 1 unspecified atom stereocenters. The molecule has 0 radical (unpaired) electrons. The number of anilines is 1. The predicted octanol–water partition coefficient (Wildman–Crippen LogP) is 3.88. The number of nitrogens with one attached hydrogen (secondary N) is 1. The first-order valence-corrected chi connectivity index (χ1v) is 6.48. The summed E-state index contributed by atoms with van der Waals surface area (Å²) in [5.74, 6) is 0. The van der Waals surface area contributed by atoms with Crippen LogP contribution in [0, 0.1) is 0 Å². The van der Waals surface area contributed by atoms with E-state index >= 15 is 0 Å². The van der Waals surface area contributed by atoms with Crippen LogP contribution in [0.1, 0.15) is 11.7 Å². The van der Waals surface area contributed by atoms with Crippen LogP contribution in [0.2, 0.25) is 5.02 Å². The summed E-state index contributed by atoms with van der Waals surface area (Å²) >= 11 is 5.87. The summed E-state index contributed by atoms with van der Waals surface area (Å²) in [5, 5.41) is 3.88. The second-order valence-electron chi connectivity index (χ2n) is 4.29. The fourth-order valence-corrected chi connectivity index (χ4v) is 2.07. The van der Waals surface area contributed by atoms with Crippen LogP contribution in [-0.2, 0) is 4.74 Å². The molecule has 4 heteroatoms.